The number of hydrogen-bond donors (Lipinski definition) is 0. The molecule has 0 fully saturated rings. The van der Waals surface area contributed by atoms with E-state index >= 15 is 0 Å². The lowest BCUT2D eigenvalue weighted by Crippen LogP contribution is -1.80. The monoisotopic (exact) mass is 239 g/mol. The van der Waals surface area contributed by atoms with Crippen molar-refractivity contribution >= 4 is 27.9 Å². The van der Waals surface area contributed by atoms with Gasteiger partial charge in [0.2, 0.25) is 0 Å². The molecule has 0 saturated heterocycles. The van der Waals surface area contributed by atoms with Crippen molar-refractivity contribution < 1.29 is 4.92 Å². The highest BCUT2D eigenvalue weighted by atomic mass is 35.5. The maximum Gasteiger partial charge on any atom is 0.324 e. The summed E-state index contributed by atoms with van der Waals surface area (Å²) >= 11 is 6.98. The van der Waals surface area contributed by atoms with Gasteiger partial charge in [0, 0.05) is 16.0 Å². The van der Waals surface area contributed by atoms with Crippen LogP contribution in [-0.2, 0) is 0 Å². The van der Waals surface area contributed by atoms with E-state index < -0.39 is 4.92 Å². The lowest BCUT2D eigenvalue weighted by molar-refractivity contribution is -0.380. The molecule has 0 unspecified atom stereocenters. The molecule has 0 aliphatic carbocycles. The SMILES string of the molecule is O=[N+]([O-])c1ccc(-c2cccc(Cl)c2)s1. The Morgan fingerprint density at radius 2 is 2.07 bits per heavy atom. The lowest BCUT2D eigenvalue weighted by Gasteiger charge is -1.96. The Morgan fingerprint density at radius 1 is 1.27 bits per heavy atom. The van der Waals surface area contributed by atoms with Crippen LogP contribution >= 0.6 is 22.9 Å². The van der Waals surface area contributed by atoms with Crippen molar-refractivity contribution in [3.05, 3.63) is 51.5 Å². The zero-order chi connectivity index (χ0) is 10.8. The quantitative estimate of drug-likeness (QED) is 0.588. The molecule has 1 heterocycles. The molecule has 3 nitrogen and oxygen atoms in total. The number of benzene rings is 1. The number of nitrogens with zero attached hydrogens (tertiary/aromatic N) is 1. The van der Waals surface area contributed by atoms with Crippen molar-refractivity contribution in [2.75, 3.05) is 0 Å². The number of nitro groups is 1. The van der Waals surface area contributed by atoms with Crippen LogP contribution in [0.3, 0.4) is 0 Å². The van der Waals surface area contributed by atoms with Gasteiger partial charge in [0.05, 0.1) is 4.92 Å². The van der Waals surface area contributed by atoms with E-state index in [0.29, 0.717) is 5.02 Å². The molecule has 0 radical (unpaired) electrons. The second-order valence-corrected chi connectivity index (χ2v) is 4.40. The van der Waals surface area contributed by atoms with Crippen LogP contribution in [0.15, 0.2) is 36.4 Å². The summed E-state index contributed by atoms with van der Waals surface area (Å²) in [5.41, 5.74) is 0.903. The molecule has 0 amide bonds. The van der Waals surface area contributed by atoms with Gasteiger partial charge in [-0.3, -0.25) is 10.1 Å². The summed E-state index contributed by atoms with van der Waals surface area (Å²) in [7, 11) is 0. The van der Waals surface area contributed by atoms with E-state index in [0.717, 1.165) is 21.8 Å². The molecule has 15 heavy (non-hydrogen) atoms. The Hall–Kier alpha value is -1.39. The van der Waals surface area contributed by atoms with E-state index in [1.165, 1.54) is 6.07 Å². The third kappa shape index (κ3) is 2.16. The molecule has 1 aromatic carbocycles. The summed E-state index contributed by atoms with van der Waals surface area (Å²) < 4.78 is 0. The fraction of sp³-hybridized carbons (Fsp3) is 0. The van der Waals surface area contributed by atoms with Gasteiger partial charge in [-0.05, 0) is 23.8 Å². The first-order valence-electron chi connectivity index (χ1n) is 4.17. The summed E-state index contributed by atoms with van der Waals surface area (Å²) in [6.45, 7) is 0. The van der Waals surface area contributed by atoms with Crippen molar-refractivity contribution in [3.63, 3.8) is 0 Å². The van der Waals surface area contributed by atoms with Gasteiger partial charge in [-0.25, -0.2) is 0 Å². The highest BCUT2D eigenvalue weighted by Crippen LogP contribution is 2.33. The maximum absolute atomic E-state index is 10.5. The Labute approximate surface area is 95.1 Å². The average molecular weight is 240 g/mol. The van der Waals surface area contributed by atoms with Crippen LogP contribution < -0.4 is 0 Å². The summed E-state index contributed by atoms with van der Waals surface area (Å²) in [5.74, 6) is 0. The molecular formula is C10H6ClNO2S. The van der Waals surface area contributed by atoms with Gasteiger partial charge in [0.25, 0.3) is 0 Å². The molecule has 0 aliphatic heterocycles. The second-order valence-electron chi connectivity index (χ2n) is 2.91. The minimum atomic E-state index is -0.390. The van der Waals surface area contributed by atoms with Gasteiger partial charge in [-0.2, -0.15) is 0 Å². The fourth-order valence-corrected chi connectivity index (χ4v) is 2.23. The molecule has 76 valence electrons. The zero-order valence-electron chi connectivity index (χ0n) is 7.51. The third-order valence-corrected chi connectivity index (χ3v) is 3.20. The van der Waals surface area contributed by atoms with E-state index in [2.05, 4.69) is 0 Å². The Kier molecular flexibility index (Phi) is 2.70. The van der Waals surface area contributed by atoms with Crippen LogP contribution in [0.25, 0.3) is 10.4 Å². The van der Waals surface area contributed by atoms with E-state index in [1.54, 1.807) is 18.2 Å². The summed E-state index contributed by atoms with van der Waals surface area (Å²) in [6, 6.07) is 10.5. The third-order valence-electron chi connectivity index (χ3n) is 1.88. The normalized spacial score (nSPS) is 10.2. The predicted octanol–water partition coefficient (Wildman–Crippen LogP) is 3.98. The predicted molar refractivity (Wildman–Crippen MR) is 61.4 cm³/mol. The molecular weight excluding hydrogens is 234 g/mol. The fourth-order valence-electron chi connectivity index (χ4n) is 1.22. The van der Waals surface area contributed by atoms with E-state index in [-0.39, 0.29) is 5.00 Å². The van der Waals surface area contributed by atoms with Crippen LogP contribution in [-0.4, -0.2) is 4.92 Å². The molecule has 0 saturated carbocycles. The summed E-state index contributed by atoms with van der Waals surface area (Å²) in [6.07, 6.45) is 0. The first-order chi connectivity index (χ1) is 7.16. The standard InChI is InChI=1S/C10H6ClNO2S/c11-8-3-1-2-7(6-8)9-4-5-10(15-9)12(13)14/h1-6H. The van der Waals surface area contributed by atoms with Crippen molar-refractivity contribution in [1.29, 1.82) is 0 Å². The van der Waals surface area contributed by atoms with Crippen molar-refractivity contribution in [3.8, 4) is 10.4 Å². The molecule has 2 aromatic rings. The Bertz CT molecular complexity index is 510. The van der Waals surface area contributed by atoms with Crippen LogP contribution in [0, 0.1) is 10.1 Å². The zero-order valence-corrected chi connectivity index (χ0v) is 9.09. The van der Waals surface area contributed by atoms with Gasteiger partial charge in [0.15, 0.2) is 0 Å². The Balaban J connectivity index is 2.41. The molecule has 0 N–H and O–H groups in total. The topological polar surface area (TPSA) is 43.1 Å². The van der Waals surface area contributed by atoms with Gasteiger partial charge in [0.1, 0.15) is 0 Å². The molecule has 0 spiro atoms. The first-order valence-corrected chi connectivity index (χ1v) is 5.36. The van der Waals surface area contributed by atoms with Crippen LogP contribution in [0.5, 0.6) is 0 Å². The van der Waals surface area contributed by atoms with Crippen molar-refractivity contribution in [2.24, 2.45) is 0 Å². The van der Waals surface area contributed by atoms with Gasteiger partial charge < -0.3 is 0 Å². The summed E-state index contributed by atoms with van der Waals surface area (Å²) in [4.78, 5) is 11.0. The van der Waals surface area contributed by atoms with Gasteiger partial charge in [-0.15, -0.1) is 0 Å². The first kappa shape index (κ1) is 10.1. The number of hydrogen-bond acceptors (Lipinski definition) is 3. The van der Waals surface area contributed by atoms with E-state index in [1.807, 2.05) is 12.1 Å². The highest BCUT2D eigenvalue weighted by Gasteiger charge is 2.10. The average Bonchev–Trinajstić information content (AvgIpc) is 2.66. The minimum absolute atomic E-state index is 0.143. The maximum atomic E-state index is 10.5. The second kappa shape index (κ2) is 4.00. The van der Waals surface area contributed by atoms with E-state index in [4.69, 9.17) is 11.6 Å². The molecule has 0 atom stereocenters. The lowest BCUT2D eigenvalue weighted by atomic mass is 10.2. The molecule has 5 heteroatoms. The van der Waals surface area contributed by atoms with Crippen molar-refractivity contribution in [2.45, 2.75) is 0 Å². The molecule has 1 aromatic heterocycles. The Morgan fingerprint density at radius 3 is 2.67 bits per heavy atom. The molecule has 0 aliphatic rings. The van der Waals surface area contributed by atoms with E-state index in [9.17, 15) is 10.1 Å². The smallest absolute Gasteiger partial charge is 0.258 e. The number of halogens is 1. The van der Waals surface area contributed by atoms with Crippen LogP contribution in [0.2, 0.25) is 5.02 Å². The minimum Gasteiger partial charge on any atom is -0.258 e. The number of thiophene rings is 1. The molecule has 2 rings (SSSR count). The van der Waals surface area contributed by atoms with Crippen LogP contribution in [0.4, 0.5) is 5.00 Å². The van der Waals surface area contributed by atoms with Crippen LogP contribution in [0.1, 0.15) is 0 Å². The molecule has 0 bridgehead atoms. The largest absolute Gasteiger partial charge is 0.324 e. The number of rotatable bonds is 2. The van der Waals surface area contributed by atoms with Gasteiger partial charge >= 0.3 is 5.00 Å². The van der Waals surface area contributed by atoms with Crippen molar-refractivity contribution in [1.82, 2.24) is 0 Å². The van der Waals surface area contributed by atoms with Gasteiger partial charge in [-0.1, -0.05) is 35.1 Å². The summed E-state index contributed by atoms with van der Waals surface area (Å²) in [5, 5.41) is 11.3. The highest BCUT2D eigenvalue weighted by molar-refractivity contribution is 7.18.